The van der Waals surface area contributed by atoms with E-state index >= 15 is 0 Å². The fraction of sp³-hybridized carbons (Fsp3) is 0.222. The van der Waals surface area contributed by atoms with Crippen molar-refractivity contribution in [2.75, 3.05) is 4.90 Å². The van der Waals surface area contributed by atoms with E-state index < -0.39 is 0 Å². The molecule has 0 spiro atoms. The molecule has 4 nitrogen and oxygen atoms in total. The Morgan fingerprint density at radius 1 is 1.09 bits per heavy atom. The molecule has 1 aliphatic heterocycles. The van der Waals surface area contributed by atoms with Crippen molar-refractivity contribution in [2.24, 2.45) is 0 Å². The summed E-state index contributed by atoms with van der Waals surface area (Å²) in [4.78, 5) is 6.86. The first-order valence-electron chi connectivity index (χ1n) is 7.54. The van der Waals surface area contributed by atoms with E-state index in [0.717, 1.165) is 12.0 Å². The zero-order valence-corrected chi connectivity index (χ0v) is 12.4. The van der Waals surface area contributed by atoms with E-state index in [9.17, 15) is 0 Å². The number of fused-ring (bicyclic) bond motifs is 1. The molecular weight excluding hydrogens is 274 g/mol. The smallest absolute Gasteiger partial charge is 0.246 e. The lowest BCUT2D eigenvalue weighted by Crippen LogP contribution is -2.28. The molecule has 0 bridgehead atoms. The van der Waals surface area contributed by atoms with Gasteiger partial charge in [-0.15, -0.1) is 0 Å². The van der Waals surface area contributed by atoms with Crippen molar-refractivity contribution < 1.29 is 4.52 Å². The van der Waals surface area contributed by atoms with Gasteiger partial charge in [0.05, 0.1) is 6.54 Å². The van der Waals surface area contributed by atoms with Gasteiger partial charge in [-0.05, 0) is 25.0 Å². The summed E-state index contributed by atoms with van der Waals surface area (Å²) in [5.74, 6) is 1.30. The molecule has 1 aliphatic rings. The third kappa shape index (κ3) is 2.26. The predicted molar refractivity (Wildman–Crippen MR) is 85.5 cm³/mol. The fourth-order valence-corrected chi connectivity index (χ4v) is 3.04. The van der Waals surface area contributed by atoms with Crippen molar-refractivity contribution in [1.82, 2.24) is 10.1 Å². The second kappa shape index (κ2) is 5.30. The van der Waals surface area contributed by atoms with Crippen LogP contribution in [0.3, 0.4) is 0 Å². The Labute approximate surface area is 129 Å². The predicted octanol–water partition coefficient (Wildman–Crippen LogP) is 3.69. The Morgan fingerprint density at radius 2 is 1.86 bits per heavy atom. The van der Waals surface area contributed by atoms with Crippen LogP contribution in [0, 0.1) is 0 Å². The topological polar surface area (TPSA) is 42.2 Å². The number of rotatable bonds is 3. The Hall–Kier alpha value is -2.62. The van der Waals surface area contributed by atoms with E-state index in [0.29, 0.717) is 24.3 Å². The maximum Gasteiger partial charge on any atom is 0.246 e. The average Bonchev–Trinajstić information content (AvgIpc) is 3.14. The molecule has 0 unspecified atom stereocenters. The minimum absolute atomic E-state index is 0.449. The van der Waals surface area contributed by atoms with Crippen molar-refractivity contribution in [3.8, 4) is 11.4 Å². The van der Waals surface area contributed by atoms with Gasteiger partial charge in [0.15, 0.2) is 0 Å². The molecule has 3 aromatic rings. The van der Waals surface area contributed by atoms with Gasteiger partial charge < -0.3 is 9.42 Å². The minimum atomic E-state index is 0.449. The van der Waals surface area contributed by atoms with Gasteiger partial charge in [-0.25, -0.2) is 0 Å². The van der Waals surface area contributed by atoms with Crippen LogP contribution in [0.5, 0.6) is 0 Å². The number of nitrogens with zero attached hydrogens (tertiary/aromatic N) is 3. The third-order valence-corrected chi connectivity index (χ3v) is 4.15. The minimum Gasteiger partial charge on any atom is -0.359 e. The highest BCUT2D eigenvalue weighted by Gasteiger charge is 2.27. The standard InChI is InChI=1S/C18H17N3O/c1-13-11-15-9-5-6-10-16(15)21(13)12-17-19-18(20-22-17)14-7-3-2-4-8-14/h2-10,13H,11-12H2,1H3/t13-/m0/s1. The molecule has 2 aromatic carbocycles. The lowest BCUT2D eigenvalue weighted by molar-refractivity contribution is 0.374. The van der Waals surface area contributed by atoms with E-state index in [1.54, 1.807) is 0 Å². The Balaban J connectivity index is 1.59. The van der Waals surface area contributed by atoms with Crippen LogP contribution < -0.4 is 4.90 Å². The number of anilines is 1. The molecule has 2 heterocycles. The fourth-order valence-electron chi connectivity index (χ4n) is 3.04. The second-order valence-corrected chi connectivity index (χ2v) is 5.69. The molecule has 0 saturated carbocycles. The lowest BCUT2D eigenvalue weighted by atomic mass is 10.1. The molecule has 1 atom stereocenters. The highest BCUT2D eigenvalue weighted by molar-refractivity contribution is 5.59. The van der Waals surface area contributed by atoms with E-state index in [4.69, 9.17) is 4.52 Å². The van der Waals surface area contributed by atoms with Crippen LogP contribution in [0.1, 0.15) is 18.4 Å². The summed E-state index contributed by atoms with van der Waals surface area (Å²) < 4.78 is 5.44. The number of para-hydroxylation sites is 1. The van der Waals surface area contributed by atoms with Gasteiger partial charge >= 0.3 is 0 Å². The van der Waals surface area contributed by atoms with E-state index in [-0.39, 0.29) is 0 Å². The maximum atomic E-state index is 5.44. The number of hydrogen-bond acceptors (Lipinski definition) is 4. The number of aromatic nitrogens is 2. The van der Waals surface area contributed by atoms with Gasteiger partial charge in [0.1, 0.15) is 0 Å². The maximum absolute atomic E-state index is 5.44. The molecule has 0 aliphatic carbocycles. The van der Waals surface area contributed by atoms with Gasteiger partial charge in [0.2, 0.25) is 11.7 Å². The molecule has 22 heavy (non-hydrogen) atoms. The molecule has 0 saturated heterocycles. The Bertz CT molecular complexity index is 782. The van der Waals surface area contributed by atoms with Crippen molar-refractivity contribution in [3.05, 3.63) is 66.1 Å². The first-order chi connectivity index (χ1) is 10.8. The van der Waals surface area contributed by atoms with Crippen molar-refractivity contribution in [3.63, 3.8) is 0 Å². The van der Waals surface area contributed by atoms with Gasteiger partial charge in [-0.3, -0.25) is 0 Å². The lowest BCUT2D eigenvalue weighted by Gasteiger charge is -2.22. The quantitative estimate of drug-likeness (QED) is 0.738. The zero-order valence-electron chi connectivity index (χ0n) is 12.4. The monoisotopic (exact) mass is 291 g/mol. The summed E-state index contributed by atoms with van der Waals surface area (Å²) >= 11 is 0. The third-order valence-electron chi connectivity index (χ3n) is 4.15. The van der Waals surface area contributed by atoms with Crippen molar-refractivity contribution in [1.29, 1.82) is 0 Å². The van der Waals surface area contributed by atoms with Crippen molar-refractivity contribution >= 4 is 5.69 Å². The SMILES string of the molecule is C[C@H]1Cc2ccccc2N1Cc1nc(-c2ccccc2)no1. The molecule has 1 aromatic heterocycles. The normalized spacial score (nSPS) is 16.8. The molecule has 0 radical (unpaired) electrons. The summed E-state index contributed by atoms with van der Waals surface area (Å²) in [5, 5.41) is 4.10. The van der Waals surface area contributed by atoms with Crippen LogP contribution in [0.4, 0.5) is 5.69 Å². The van der Waals surface area contributed by atoms with Gasteiger partial charge in [-0.2, -0.15) is 4.98 Å². The molecular formula is C18H17N3O. The van der Waals surface area contributed by atoms with Gasteiger partial charge in [0, 0.05) is 17.3 Å². The van der Waals surface area contributed by atoms with Crippen LogP contribution in [0.2, 0.25) is 0 Å². The summed E-state index contributed by atoms with van der Waals surface area (Å²) in [6.07, 6.45) is 1.07. The first kappa shape index (κ1) is 13.1. The second-order valence-electron chi connectivity index (χ2n) is 5.69. The van der Waals surface area contributed by atoms with Crippen LogP contribution in [0.15, 0.2) is 59.1 Å². The van der Waals surface area contributed by atoms with Crippen LogP contribution in [0.25, 0.3) is 11.4 Å². The van der Waals surface area contributed by atoms with Crippen LogP contribution >= 0.6 is 0 Å². The highest BCUT2D eigenvalue weighted by atomic mass is 16.5. The molecule has 0 fully saturated rings. The largest absolute Gasteiger partial charge is 0.359 e. The summed E-state index contributed by atoms with van der Waals surface area (Å²) in [5.41, 5.74) is 3.64. The molecule has 0 N–H and O–H groups in total. The first-order valence-corrected chi connectivity index (χ1v) is 7.54. The Kier molecular flexibility index (Phi) is 3.15. The molecule has 0 amide bonds. The van der Waals surface area contributed by atoms with Crippen molar-refractivity contribution in [2.45, 2.75) is 25.9 Å². The molecule has 4 heteroatoms. The van der Waals surface area contributed by atoms with Gasteiger partial charge in [-0.1, -0.05) is 53.7 Å². The van der Waals surface area contributed by atoms with E-state index in [1.165, 1.54) is 11.3 Å². The number of hydrogen-bond donors (Lipinski definition) is 0. The average molecular weight is 291 g/mol. The van der Waals surface area contributed by atoms with E-state index in [1.807, 2.05) is 30.3 Å². The zero-order chi connectivity index (χ0) is 14.9. The van der Waals surface area contributed by atoms with Gasteiger partial charge in [0.25, 0.3) is 0 Å². The Morgan fingerprint density at radius 3 is 2.73 bits per heavy atom. The van der Waals surface area contributed by atoms with Crippen LogP contribution in [-0.2, 0) is 13.0 Å². The number of benzene rings is 2. The molecule has 110 valence electrons. The summed E-state index contributed by atoms with van der Waals surface area (Å²) in [6, 6.07) is 18.9. The molecule has 4 rings (SSSR count). The highest BCUT2D eigenvalue weighted by Crippen LogP contribution is 2.33. The van der Waals surface area contributed by atoms with E-state index in [2.05, 4.69) is 46.2 Å². The summed E-state index contributed by atoms with van der Waals surface area (Å²) in [7, 11) is 0. The summed E-state index contributed by atoms with van der Waals surface area (Å²) in [6.45, 7) is 2.88. The van der Waals surface area contributed by atoms with Crippen LogP contribution in [-0.4, -0.2) is 16.2 Å².